The molecule has 476 valence electrons. The maximum Gasteiger partial charge on any atom is 0.0755 e. The summed E-state index contributed by atoms with van der Waals surface area (Å²) in [5, 5.41) is 3.71. The van der Waals surface area contributed by atoms with Gasteiger partial charge in [0.15, 0.2) is 0 Å². The van der Waals surface area contributed by atoms with E-state index < -0.39 is 5.41 Å². The number of nitrogens with one attached hydrogen (secondary N) is 1. The molecule has 0 amide bonds. The van der Waals surface area contributed by atoms with E-state index in [9.17, 15) is 0 Å². The first kappa shape index (κ1) is 60.1. The van der Waals surface area contributed by atoms with Gasteiger partial charge in [-0.1, -0.05) is 325 Å². The van der Waals surface area contributed by atoms with E-state index in [0.717, 1.165) is 34.1 Å². The van der Waals surface area contributed by atoms with Gasteiger partial charge in [0.05, 0.1) is 28.2 Å². The van der Waals surface area contributed by atoms with Crippen LogP contribution >= 0.6 is 0 Å². The summed E-state index contributed by atoms with van der Waals surface area (Å²) >= 11 is 0. The molecule has 0 saturated heterocycles. The van der Waals surface area contributed by atoms with E-state index in [0.29, 0.717) is 0 Å². The molecule has 3 nitrogen and oxygen atoms in total. The third-order valence-electron chi connectivity index (χ3n) is 21.8. The van der Waals surface area contributed by atoms with Gasteiger partial charge in [0, 0.05) is 50.3 Å². The first-order valence-electron chi connectivity index (χ1n) is 35.0. The average Bonchev–Trinajstić information content (AvgIpc) is 1.46. The van der Waals surface area contributed by atoms with Crippen LogP contribution in [0.15, 0.2) is 364 Å². The molecular weight excluding hydrogens is 1210 g/mol. The van der Waals surface area contributed by atoms with Crippen molar-refractivity contribution in [3.8, 4) is 77.9 Å². The molecule has 4 aliphatic rings. The Kier molecular flexibility index (Phi) is 14.5. The topological polar surface area (TPSA) is 18.5 Å². The molecule has 1 N–H and O–H groups in total. The molecule has 15 aromatic rings. The number of para-hydroxylation sites is 5. The van der Waals surface area contributed by atoms with Crippen molar-refractivity contribution in [1.82, 2.24) is 0 Å². The van der Waals surface area contributed by atoms with E-state index in [1.807, 2.05) is 0 Å². The summed E-state index contributed by atoms with van der Waals surface area (Å²) in [6.45, 7) is 9.41. The number of hydrogen-bond donors (Lipinski definition) is 1. The van der Waals surface area contributed by atoms with Crippen LogP contribution in [0.2, 0.25) is 0 Å². The molecule has 3 aliphatic carbocycles. The van der Waals surface area contributed by atoms with Crippen LogP contribution < -0.4 is 15.1 Å². The molecule has 0 radical (unpaired) electrons. The highest BCUT2D eigenvalue weighted by atomic mass is 15.2. The van der Waals surface area contributed by atoms with Gasteiger partial charge >= 0.3 is 0 Å². The zero-order valence-electron chi connectivity index (χ0n) is 56.5. The van der Waals surface area contributed by atoms with Crippen LogP contribution in [0.4, 0.5) is 45.5 Å². The molecule has 1 spiro atoms. The lowest BCUT2D eigenvalue weighted by atomic mass is 9.64. The van der Waals surface area contributed by atoms with Crippen LogP contribution in [-0.4, -0.2) is 0 Å². The van der Waals surface area contributed by atoms with Crippen molar-refractivity contribution >= 4 is 45.5 Å². The molecule has 15 aromatic carbocycles. The molecule has 0 bridgehead atoms. The van der Waals surface area contributed by atoms with Gasteiger partial charge in [-0.3, -0.25) is 0 Å². The normalized spacial score (nSPS) is 13.8. The second-order valence-electron chi connectivity index (χ2n) is 27.9. The summed E-state index contributed by atoms with van der Waals surface area (Å²) in [7, 11) is 0. The molecule has 100 heavy (non-hydrogen) atoms. The van der Waals surface area contributed by atoms with Crippen LogP contribution in [0, 0.1) is 0 Å². The monoisotopic (exact) mass is 1280 g/mol. The molecule has 1 aliphatic heterocycles. The lowest BCUT2D eigenvalue weighted by Crippen LogP contribution is -2.36. The van der Waals surface area contributed by atoms with Gasteiger partial charge in [0.2, 0.25) is 0 Å². The second-order valence-corrected chi connectivity index (χ2v) is 27.9. The van der Waals surface area contributed by atoms with Crippen molar-refractivity contribution in [2.75, 3.05) is 15.1 Å². The summed E-state index contributed by atoms with van der Waals surface area (Å²) < 4.78 is 0. The fourth-order valence-corrected chi connectivity index (χ4v) is 17.1. The SMILES string of the molecule is CC1(C)c2ccccc2-c2ccc(N(c3ccccc3-c3ccc(-c4ccccc4)cc3)c3cccc4c3-c3ccccc3C43c4ccccc4N(c4ccccc4)c4ccccc43)cc21.CC1(C)c2ccccc2-c2ccc(Nc3ccccc3-c3ccc(-c4ccccc4)cc3)cc21. The Morgan fingerprint density at radius 1 is 0.260 bits per heavy atom. The first-order valence-corrected chi connectivity index (χ1v) is 35.0. The highest BCUT2D eigenvalue weighted by Crippen LogP contribution is 2.66. The maximum absolute atomic E-state index is 3.71. The summed E-state index contributed by atoms with van der Waals surface area (Å²) in [5.41, 5.74) is 36.5. The van der Waals surface area contributed by atoms with Crippen LogP contribution in [-0.2, 0) is 16.2 Å². The van der Waals surface area contributed by atoms with E-state index in [1.54, 1.807) is 0 Å². The number of fused-ring (bicyclic) bond motifs is 15. The third kappa shape index (κ3) is 9.63. The average molecular weight is 1280 g/mol. The molecule has 0 atom stereocenters. The van der Waals surface area contributed by atoms with Crippen molar-refractivity contribution in [3.05, 3.63) is 408 Å². The maximum atomic E-state index is 3.71. The minimum absolute atomic E-state index is 0.00357. The van der Waals surface area contributed by atoms with Gasteiger partial charge in [0.25, 0.3) is 0 Å². The highest BCUT2D eigenvalue weighted by Gasteiger charge is 2.53. The summed E-state index contributed by atoms with van der Waals surface area (Å²) in [6.07, 6.45) is 0. The van der Waals surface area contributed by atoms with Gasteiger partial charge in [-0.25, -0.2) is 0 Å². The zero-order valence-corrected chi connectivity index (χ0v) is 56.5. The van der Waals surface area contributed by atoms with Crippen LogP contribution in [0.1, 0.15) is 72.2 Å². The van der Waals surface area contributed by atoms with Gasteiger partial charge in [-0.15, -0.1) is 0 Å². The smallest absolute Gasteiger partial charge is 0.0755 e. The van der Waals surface area contributed by atoms with Crippen molar-refractivity contribution in [2.45, 2.75) is 43.9 Å². The molecule has 0 saturated carbocycles. The Morgan fingerprint density at radius 3 is 1.25 bits per heavy atom. The number of benzene rings is 15. The Labute approximate surface area is 587 Å². The molecule has 3 heteroatoms. The lowest BCUT2D eigenvalue weighted by molar-refractivity contribution is 0.660. The van der Waals surface area contributed by atoms with Gasteiger partial charge < -0.3 is 15.1 Å². The van der Waals surface area contributed by atoms with Crippen LogP contribution in [0.3, 0.4) is 0 Å². The van der Waals surface area contributed by atoms with Crippen LogP contribution in [0.5, 0.6) is 0 Å². The minimum atomic E-state index is -0.583. The van der Waals surface area contributed by atoms with E-state index in [1.165, 1.54) is 134 Å². The van der Waals surface area contributed by atoms with Crippen molar-refractivity contribution in [1.29, 1.82) is 0 Å². The molecule has 19 rings (SSSR count). The summed E-state index contributed by atoms with van der Waals surface area (Å²) in [4.78, 5) is 5.02. The van der Waals surface area contributed by atoms with Gasteiger partial charge in [-0.2, -0.15) is 0 Å². The van der Waals surface area contributed by atoms with E-state index in [2.05, 4.69) is 407 Å². The van der Waals surface area contributed by atoms with Gasteiger partial charge in [0.1, 0.15) is 0 Å². The predicted molar refractivity (Wildman–Crippen MR) is 420 cm³/mol. The predicted octanol–water partition coefficient (Wildman–Crippen LogP) is 26.0. The molecule has 0 aromatic heterocycles. The summed E-state index contributed by atoms with van der Waals surface area (Å²) in [5.74, 6) is 0. The Bertz CT molecular complexity index is 5580. The fraction of sp³-hybridized carbons (Fsp3) is 0.0722. The minimum Gasteiger partial charge on any atom is -0.355 e. The van der Waals surface area contributed by atoms with Crippen molar-refractivity contribution in [3.63, 3.8) is 0 Å². The molecular formula is C97H73N3. The Morgan fingerprint density at radius 2 is 0.660 bits per heavy atom. The number of hydrogen-bond acceptors (Lipinski definition) is 3. The van der Waals surface area contributed by atoms with E-state index in [4.69, 9.17) is 0 Å². The lowest BCUT2D eigenvalue weighted by Gasteiger charge is -2.45. The number of nitrogens with zero attached hydrogens (tertiary/aromatic N) is 2. The molecule has 0 unspecified atom stereocenters. The fourth-order valence-electron chi connectivity index (χ4n) is 17.1. The van der Waals surface area contributed by atoms with E-state index >= 15 is 0 Å². The van der Waals surface area contributed by atoms with Gasteiger partial charge in [-0.05, 0) is 172 Å². The Balaban J connectivity index is 0.000000178. The van der Waals surface area contributed by atoms with Crippen molar-refractivity contribution in [2.24, 2.45) is 0 Å². The zero-order chi connectivity index (χ0) is 67.1. The Hall–Kier alpha value is -12.3. The van der Waals surface area contributed by atoms with Crippen LogP contribution in [0.25, 0.3) is 77.9 Å². The number of rotatable bonds is 10. The highest BCUT2D eigenvalue weighted by molar-refractivity contribution is 6.03. The molecule has 0 fully saturated rings. The third-order valence-corrected chi connectivity index (χ3v) is 21.8. The number of anilines is 8. The standard InChI is InChI=1S/C64H46N2.C33H27N/c1-63(2)52-27-12-9-25-49(52)50-41-40-47(42-57(50)63)66(58-32-16-11-24-48(58)45-38-36-44(37-39-45)43-20-5-3-6-21-43)61-35-19-31-56-62(61)51-26-10-13-28-53(51)64(56)54-29-14-17-33-59(54)65(46-22-7-4-8-23-46)60-34-18-15-30-55(60)64;1-33(2)30-14-8-6-13-28(30)29-21-20-26(22-31(29)33)34-32-15-9-7-12-27(32)25-18-16-24(17-19-25)23-10-4-3-5-11-23/h3-42H,1-2H3;3-22,34H,1-2H3. The summed E-state index contributed by atoms with van der Waals surface area (Å²) in [6, 6.07) is 134. The molecule has 1 heterocycles. The van der Waals surface area contributed by atoms with Crippen molar-refractivity contribution < 1.29 is 0 Å². The second kappa shape index (κ2) is 24.1. The first-order chi connectivity index (χ1) is 49.1. The largest absolute Gasteiger partial charge is 0.355 e. The van der Waals surface area contributed by atoms with E-state index in [-0.39, 0.29) is 10.8 Å². The quantitative estimate of drug-likeness (QED) is 0.147.